The first-order valence-electron chi connectivity index (χ1n) is 8.67. The van der Waals surface area contributed by atoms with Crippen molar-refractivity contribution in [3.05, 3.63) is 72.4 Å². The van der Waals surface area contributed by atoms with Crippen molar-refractivity contribution in [2.45, 2.75) is 13.0 Å². The van der Waals surface area contributed by atoms with Crippen LogP contribution in [0.3, 0.4) is 0 Å². The fourth-order valence-electron chi connectivity index (χ4n) is 2.74. The standard InChI is InChI=1S/C20H24N6/c1-21-20(23-13-11-17-10-6-7-12-22-17)26(2)15-19-24-14-18(25-19)16-8-4-3-5-9-16/h3-10,12,14H,11,13,15H2,1-2H3,(H,21,23)(H,24,25). The van der Waals surface area contributed by atoms with Gasteiger partial charge in [0.15, 0.2) is 5.96 Å². The number of hydrogen-bond donors (Lipinski definition) is 2. The Morgan fingerprint density at radius 3 is 2.65 bits per heavy atom. The summed E-state index contributed by atoms with van der Waals surface area (Å²) in [6.07, 6.45) is 4.54. The number of nitrogens with one attached hydrogen (secondary N) is 2. The van der Waals surface area contributed by atoms with Gasteiger partial charge in [0.2, 0.25) is 0 Å². The fraction of sp³-hybridized carbons (Fsp3) is 0.250. The predicted molar refractivity (Wildman–Crippen MR) is 105 cm³/mol. The summed E-state index contributed by atoms with van der Waals surface area (Å²) < 4.78 is 0. The third-order valence-corrected chi connectivity index (χ3v) is 4.06. The van der Waals surface area contributed by atoms with Gasteiger partial charge < -0.3 is 15.2 Å². The van der Waals surface area contributed by atoms with Crippen molar-refractivity contribution in [2.24, 2.45) is 4.99 Å². The molecule has 1 aromatic carbocycles. The molecule has 0 fully saturated rings. The minimum atomic E-state index is 0.649. The summed E-state index contributed by atoms with van der Waals surface area (Å²) in [7, 11) is 3.79. The van der Waals surface area contributed by atoms with Crippen LogP contribution in [0.4, 0.5) is 0 Å². The molecule has 0 saturated heterocycles. The molecule has 6 heteroatoms. The van der Waals surface area contributed by atoms with Gasteiger partial charge >= 0.3 is 0 Å². The maximum Gasteiger partial charge on any atom is 0.193 e. The van der Waals surface area contributed by atoms with E-state index in [1.165, 1.54) is 0 Å². The topological polar surface area (TPSA) is 69.2 Å². The largest absolute Gasteiger partial charge is 0.356 e. The number of pyridine rings is 1. The molecule has 0 radical (unpaired) electrons. The highest BCUT2D eigenvalue weighted by Crippen LogP contribution is 2.16. The normalized spacial score (nSPS) is 11.4. The molecule has 2 heterocycles. The van der Waals surface area contributed by atoms with Crippen molar-refractivity contribution >= 4 is 5.96 Å². The number of rotatable bonds is 6. The average Bonchev–Trinajstić information content (AvgIpc) is 3.15. The monoisotopic (exact) mass is 348 g/mol. The van der Waals surface area contributed by atoms with Crippen LogP contribution in [0.25, 0.3) is 11.3 Å². The molecule has 0 saturated carbocycles. The summed E-state index contributed by atoms with van der Waals surface area (Å²) >= 11 is 0. The van der Waals surface area contributed by atoms with Crippen LogP contribution in [0, 0.1) is 0 Å². The number of aromatic nitrogens is 3. The minimum Gasteiger partial charge on any atom is -0.356 e. The van der Waals surface area contributed by atoms with Gasteiger partial charge in [0.25, 0.3) is 0 Å². The Labute approximate surface area is 154 Å². The molecular formula is C20H24N6. The molecule has 0 aliphatic carbocycles. The number of guanidine groups is 1. The molecule has 3 aromatic rings. The summed E-state index contributed by atoms with van der Waals surface area (Å²) in [6, 6.07) is 16.2. The van der Waals surface area contributed by atoms with Crippen molar-refractivity contribution in [3.63, 3.8) is 0 Å². The minimum absolute atomic E-state index is 0.649. The van der Waals surface area contributed by atoms with E-state index in [0.717, 1.165) is 41.7 Å². The molecule has 0 aliphatic heterocycles. The van der Waals surface area contributed by atoms with Crippen LogP contribution in [0.1, 0.15) is 11.5 Å². The molecule has 6 nitrogen and oxygen atoms in total. The zero-order chi connectivity index (χ0) is 18.2. The van der Waals surface area contributed by atoms with Crippen LogP contribution in [0.15, 0.2) is 65.9 Å². The van der Waals surface area contributed by atoms with E-state index in [9.17, 15) is 0 Å². The van der Waals surface area contributed by atoms with E-state index >= 15 is 0 Å². The van der Waals surface area contributed by atoms with E-state index < -0.39 is 0 Å². The van der Waals surface area contributed by atoms with E-state index in [-0.39, 0.29) is 0 Å². The van der Waals surface area contributed by atoms with Gasteiger partial charge in [-0.3, -0.25) is 9.98 Å². The van der Waals surface area contributed by atoms with Crippen LogP contribution >= 0.6 is 0 Å². The van der Waals surface area contributed by atoms with Gasteiger partial charge in [-0.15, -0.1) is 0 Å². The second-order valence-electron chi connectivity index (χ2n) is 6.01. The molecule has 0 amide bonds. The number of benzene rings is 1. The molecule has 0 unspecified atom stereocenters. The van der Waals surface area contributed by atoms with Crippen LogP contribution in [-0.2, 0) is 13.0 Å². The van der Waals surface area contributed by atoms with E-state index in [1.807, 2.05) is 60.7 Å². The number of nitrogens with zero attached hydrogens (tertiary/aromatic N) is 4. The van der Waals surface area contributed by atoms with Gasteiger partial charge in [-0.05, 0) is 17.7 Å². The average molecular weight is 348 g/mol. The molecule has 3 rings (SSSR count). The Morgan fingerprint density at radius 2 is 1.92 bits per heavy atom. The van der Waals surface area contributed by atoms with Gasteiger partial charge in [-0.1, -0.05) is 36.4 Å². The Kier molecular flexibility index (Phi) is 5.98. The molecular weight excluding hydrogens is 324 g/mol. The molecule has 134 valence electrons. The number of H-pyrrole nitrogens is 1. The highest BCUT2D eigenvalue weighted by molar-refractivity contribution is 5.79. The second kappa shape index (κ2) is 8.80. The molecule has 0 bridgehead atoms. The Balaban J connectivity index is 1.54. The van der Waals surface area contributed by atoms with Gasteiger partial charge in [0, 0.05) is 39.0 Å². The number of aliphatic imine (C=N–C) groups is 1. The van der Waals surface area contributed by atoms with Gasteiger partial charge in [0.1, 0.15) is 5.82 Å². The summed E-state index contributed by atoms with van der Waals surface area (Å²) in [5.74, 6) is 1.73. The van der Waals surface area contributed by atoms with E-state index in [0.29, 0.717) is 6.54 Å². The lowest BCUT2D eigenvalue weighted by atomic mass is 10.2. The Bertz CT molecular complexity index is 826. The lowest BCUT2D eigenvalue weighted by molar-refractivity contribution is 0.464. The van der Waals surface area contributed by atoms with Crippen molar-refractivity contribution in [1.29, 1.82) is 0 Å². The zero-order valence-electron chi connectivity index (χ0n) is 15.2. The van der Waals surface area contributed by atoms with Gasteiger partial charge in [-0.2, -0.15) is 0 Å². The maximum absolute atomic E-state index is 4.49. The van der Waals surface area contributed by atoms with Gasteiger partial charge in [-0.25, -0.2) is 4.98 Å². The third-order valence-electron chi connectivity index (χ3n) is 4.06. The van der Waals surface area contributed by atoms with Crippen molar-refractivity contribution < 1.29 is 0 Å². The van der Waals surface area contributed by atoms with Crippen LogP contribution in [0.5, 0.6) is 0 Å². The van der Waals surface area contributed by atoms with Crippen molar-refractivity contribution in [3.8, 4) is 11.3 Å². The van der Waals surface area contributed by atoms with Crippen molar-refractivity contribution in [1.82, 2.24) is 25.2 Å². The number of aromatic amines is 1. The first-order valence-corrected chi connectivity index (χ1v) is 8.67. The maximum atomic E-state index is 4.49. The summed E-state index contributed by atoms with van der Waals surface area (Å²) in [5, 5.41) is 3.37. The molecule has 0 spiro atoms. The molecule has 26 heavy (non-hydrogen) atoms. The molecule has 2 aromatic heterocycles. The number of imidazole rings is 1. The molecule has 0 atom stereocenters. The number of hydrogen-bond acceptors (Lipinski definition) is 3. The second-order valence-corrected chi connectivity index (χ2v) is 6.01. The third kappa shape index (κ3) is 4.69. The van der Waals surface area contributed by atoms with Crippen LogP contribution in [-0.4, -0.2) is 46.5 Å². The zero-order valence-corrected chi connectivity index (χ0v) is 15.2. The van der Waals surface area contributed by atoms with Crippen LogP contribution < -0.4 is 5.32 Å². The molecule has 0 aliphatic rings. The summed E-state index contributed by atoms with van der Waals surface area (Å²) in [6.45, 7) is 1.43. The SMILES string of the molecule is CN=C(NCCc1ccccn1)N(C)Cc1ncc(-c2ccccc2)[nH]1. The Morgan fingerprint density at radius 1 is 1.12 bits per heavy atom. The summed E-state index contributed by atoms with van der Waals surface area (Å²) in [5.41, 5.74) is 3.22. The fourth-order valence-corrected chi connectivity index (χ4v) is 2.74. The summed E-state index contributed by atoms with van der Waals surface area (Å²) in [4.78, 5) is 18.6. The highest BCUT2D eigenvalue weighted by Gasteiger charge is 2.09. The first-order chi connectivity index (χ1) is 12.8. The first kappa shape index (κ1) is 17.7. The van der Waals surface area contributed by atoms with E-state index in [1.54, 1.807) is 7.05 Å². The van der Waals surface area contributed by atoms with Crippen molar-refractivity contribution in [2.75, 3.05) is 20.6 Å². The Hall–Kier alpha value is -3.15. The predicted octanol–water partition coefficient (Wildman–Crippen LogP) is 2.72. The van der Waals surface area contributed by atoms with E-state index in [4.69, 9.17) is 0 Å². The smallest absolute Gasteiger partial charge is 0.193 e. The quantitative estimate of drug-likeness (QED) is 0.531. The van der Waals surface area contributed by atoms with Crippen LogP contribution in [0.2, 0.25) is 0 Å². The molecule has 2 N–H and O–H groups in total. The lowest BCUT2D eigenvalue weighted by Crippen LogP contribution is -2.39. The van der Waals surface area contributed by atoms with E-state index in [2.05, 4.69) is 37.4 Å². The highest BCUT2D eigenvalue weighted by atomic mass is 15.3. The van der Waals surface area contributed by atoms with Gasteiger partial charge in [0.05, 0.1) is 18.4 Å². The lowest BCUT2D eigenvalue weighted by Gasteiger charge is -2.21.